The van der Waals surface area contributed by atoms with Crippen LogP contribution in [0.15, 0.2) is 66.9 Å². The predicted molar refractivity (Wildman–Crippen MR) is 136 cm³/mol. The van der Waals surface area contributed by atoms with Gasteiger partial charge in [0.25, 0.3) is 0 Å². The zero-order valence-electron chi connectivity index (χ0n) is 19.0. The summed E-state index contributed by atoms with van der Waals surface area (Å²) in [6.07, 6.45) is 8.26. The second-order valence-electron chi connectivity index (χ2n) is 6.92. The maximum absolute atomic E-state index is 12.2. The minimum absolute atomic E-state index is 0.319. The third-order valence-corrected chi connectivity index (χ3v) is 4.91. The Kier molecular flexibility index (Phi) is 8.37. The third-order valence-electron chi connectivity index (χ3n) is 4.67. The van der Waals surface area contributed by atoms with Crippen molar-refractivity contribution in [2.45, 2.75) is 0 Å². The Labute approximate surface area is 203 Å². The Bertz CT molecular complexity index is 1200. The molecule has 1 amide bonds. The van der Waals surface area contributed by atoms with Crippen LogP contribution >= 0.6 is 11.6 Å². The average molecular weight is 481 g/mol. The van der Waals surface area contributed by atoms with E-state index < -0.39 is 0 Å². The molecule has 176 valence electrons. The summed E-state index contributed by atoms with van der Waals surface area (Å²) >= 11 is 5.88. The number of nitrogen functional groups attached to an aromatic ring is 1. The van der Waals surface area contributed by atoms with E-state index in [1.54, 1.807) is 70.0 Å². The molecule has 0 spiro atoms. The molecule has 0 aliphatic rings. The molecule has 0 bridgehead atoms. The van der Waals surface area contributed by atoms with Gasteiger partial charge in [-0.3, -0.25) is 4.79 Å². The molecule has 3 aromatic rings. The van der Waals surface area contributed by atoms with Gasteiger partial charge in [0.2, 0.25) is 11.7 Å². The molecule has 2 aromatic carbocycles. The number of aromatic nitrogens is 1. The lowest BCUT2D eigenvalue weighted by atomic mass is 10.2. The summed E-state index contributed by atoms with van der Waals surface area (Å²) in [7, 11) is 4.66. The fourth-order valence-corrected chi connectivity index (χ4v) is 3.25. The number of halogens is 1. The summed E-state index contributed by atoms with van der Waals surface area (Å²) in [5, 5.41) is 6.47. The van der Waals surface area contributed by atoms with Crippen LogP contribution in [0.3, 0.4) is 0 Å². The van der Waals surface area contributed by atoms with E-state index in [2.05, 4.69) is 15.6 Å². The molecule has 1 aromatic heterocycles. The van der Waals surface area contributed by atoms with Gasteiger partial charge in [-0.25, -0.2) is 4.98 Å². The van der Waals surface area contributed by atoms with Crippen molar-refractivity contribution in [3.05, 3.63) is 77.5 Å². The van der Waals surface area contributed by atoms with Gasteiger partial charge in [0.05, 0.1) is 32.7 Å². The van der Waals surface area contributed by atoms with E-state index in [-0.39, 0.29) is 5.91 Å². The molecular weight excluding hydrogens is 456 g/mol. The van der Waals surface area contributed by atoms with Crippen LogP contribution < -0.4 is 30.6 Å². The second-order valence-corrected chi connectivity index (χ2v) is 7.36. The van der Waals surface area contributed by atoms with Gasteiger partial charge in [-0.1, -0.05) is 29.8 Å². The zero-order chi connectivity index (χ0) is 24.5. The smallest absolute Gasteiger partial charge is 0.248 e. The number of nitrogens with two attached hydrogens (primary N) is 1. The van der Waals surface area contributed by atoms with Crippen LogP contribution in [0.25, 0.3) is 6.08 Å². The quantitative estimate of drug-likeness (QED) is 0.217. The molecule has 0 atom stereocenters. The first-order chi connectivity index (χ1) is 16.4. The molecule has 0 saturated carbocycles. The lowest BCUT2D eigenvalue weighted by Crippen LogP contribution is -2.09. The molecule has 0 unspecified atom stereocenters. The number of hydrogen-bond donors (Lipinski definition) is 3. The molecular formula is C25H25ClN4O4. The highest BCUT2D eigenvalue weighted by Crippen LogP contribution is 2.40. The number of pyridine rings is 1. The van der Waals surface area contributed by atoms with Gasteiger partial charge < -0.3 is 30.6 Å². The van der Waals surface area contributed by atoms with Crippen LogP contribution in [0.1, 0.15) is 5.56 Å². The van der Waals surface area contributed by atoms with E-state index >= 15 is 0 Å². The van der Waals surface area contributed by atoms with E-state index in [0.29, 0.717) is 45.2 Å². The number of rotatable bonds is 9. The first-order valence-corrected chi connectivity index (χ1v) is 10.6. The molecule has 1 heterocycles. The largest absolute Gasteiger partial charge is 0.493 e. The molecule has 8 nitrogen and oxygen atoms in total. The number of ether oxygens (including phenoxy) is 3. The first kappa shape index (κ1) is 24.5. The molecule has 4 N–H and O–H groups in total. The number of nitrogens with one attached hydrogen (secondary N) is 2. The maximum atomic E-state index is 12.2. The number of methoxy groups -OCH3 is 3. The zero-order valence-corrected chi connectivity index (χ0v) is 19.7. The number of carbonyl (C=O) groups excluding carboxylic acids is 1. The highest BCUT2D eigenvalue weighted by atomic mass is 35.5. The molecule has 9 heteroatoms. The van der Waals surface area contributed by atoms with Crippen LogP contribution in [-0.2, 0) is 4.79 Å². The van der Waals surface area contributed by atoms with Crippen LogP contribution in [0.4, 0.5) is 22.9 Å². The molecule has 3 rings (SSSR count). The van der Waals surface area contributed by atoms with Crippen molar-refractivity contribution >= 4 is 46.5 Å². The first-order valence-electron chi connectivity index (χ1n) is 10.2. The van der Waals surface area contributed by atoms with Gasteiger partial charge in [0.15, 0.2) is 11.5 Å². The van der Waals surface area contributed by atoms with Crippen molar-refractivity contribution in [1.82, 2.24) is 4.98 Å². The second kappa shape index (κ2) is 11.6. The van der Waals surface area contributed by atoms with Crippen LogP contribution in [0, 0.1) is 0 Å². The van der Waals surface area contributed by atoms with Gasteiger partial charge in [-0.15, -0.1) is 0 Å². The van der Waals surface area contributed by atoms with Crippen molar-refractivity contribution < 1.29 is 19.0 Å². The number of benzene rings is 2. The molecule has 0 radical (unpaired) electrons. The van der Waals surface area contributed by atoms with Crippen LogP contribution in [-0.4, -0.2) is 32.2 Å². The molecule has 0 aliphatic heterocycles. The molecule has 34 heavy (non-hydrogen) atoms. The Hall–Kier alpha value is -4.17. The standard InChI is InChI=1S/C25H25ClN4O4/c1-32-21-14-18(15-22(33-2)24(21)34-3)29-25-16(8-6-12-28-25)7-4-5-9-23(31)30-20-11-10-17(26)13-19(20)27/h4-15H,27H2,1-3H3,(H,28,29)(H,30,31)/b7-4+,9-5+. The van der Waals surface area contributed by atoms with Gasteiger partial charge in [-0.05, 0) is 30.3 Å². The Morgan fingerprint density at radius 1 is 1.03 bits per heavy atom. The van der Waals surface area contributed by atoms with Gasteiger partial charge in [0, 0.05) is 40.7 Å². The highest BCUT2D eigenvalue weighted by molar-refractivity contribution is 6.31. The van der Waals surface area contributed by atoms with E-state index in [1.807, 2.05) is 18.2 Å². The Morgan fingerprint density at radius 3 is 2.41 bits per heavy atom. The number of carbonyl (C=O) groups is 1. The highest BCUT2D eigenvalue weighted by Gasteiger charge is 2.14. The number of anilines is 4. The number of allylic oxidation sites excluding steroid dienone is 2. The van der Waals surface area contributed by atoms with Crippen molar-refractivity contribution in [3.63, 3.8) is 0 Å². The number of nitrogens with zero attached hydrogens (tertiary/aromatic N) is 1. The molecule has 0 aliphatic carbocycles. The summed E-state index contributed by atoms with van der Waals surface area (Å²) in [5.41, 5.74) is 8.26. The monoisotopic (exact) mass is 480 g/mol. The van der Waals surface area contributed by atoms with Crippen molar-refractivity contribution in [2.75, 3.05) is 37.7 Å². The fraction of sp³-hybridized carbons (Fsp3) is 0.120. The lowest BCUT2D eigenvalue weighted by Gasteiger charge is -2.15. The summed E-state index contributed by atoms with van der Waals surface area (Å²) in [6.45, 7) is 0. The van der Waals surface area contributed by atoms with Crippen LogP contribution in [0.2, 0.25) is 5.02 Å². The van der Waals surface area contributed by atoms with Crippen molar-refractivity contribution in [1.29, 1.82) is 0 Å². The molecule has 0 saturated heterocycles. The van der Waals surface area contributed by atoms with Crippen molar-refractivity contribution in [3.8, 4) is 17.2 Å². The van der Waals surface area contributed by atoms with E-state index in [9.17, 15) is 4.79 Å². The minimum Gasteiger partial charge on any atom is -0.493 e. The number of amides is 1. The lowest BCUT2D eigenvalue weighted by molar-refractivity contribution is -0.111. The van der Waals surface area contributed by atoms with E-state index in [0.717, 1.165) is 5.56 Å². The maximum Gasteiger partial charge on any atom is 0.248 e. The van der Waals surface area contributed by atoms with E-state index in [4.69, 9.17) is 31.5 Å². The Balaban J connectivity index is 1.72. The third kappa shape index (κ3) is 6.20. The topological polar surface area (TPSA) is 108 Å². The summed E-state index contributed by atoms with van der Waals surface area (Å²) in [6, 6.07) is 12.2. The Morgan fingerprint density at radius 2 is 1.76 bits per heavy atom. The summed E-state index contributed by atoms with van der Waals surface area (Å²) < 4.78 is 16.2. The predicted octanol–water partition coefficient (Wildman–Crippen LogP) is 5.29. The van der Waals surface area contributed by atoms with E-state index in [1.165, 1.54) is 6.08 Å². The van der Waals surface area contributed by atoms with Crippen molar-refractivity contribution in [2.24, 2.45) is 0 Å². The molecule has 0 fully saturated rings. The van der Waals surface area contributed by atoms with Gasteiger partial charge >= 0.3 is 0 Å². The SMILES string of the molecule is COc1cc(Nc2ncccc2/C=C/C=C/C(=O)Nc2ccc(Cl)cc2N)cc(OC)c1OC. The van der Waals surface area contributed by atoms with Gasteiger partial charge in [-0.2, -0.15) is 0 Å². The summed E-state index contributed by atoms with van der Waals surface area (Å²) in [5.74, 6) is 1.83. The number of hydrogen-bond acceptors (Lipinski definition) is 7. The average Bonchev–Trinajstić information content (AvgIpc) is 2.83. The normalized spacial score (nSPS) is 10.9. The minimum atomic E-state index is -0.319. The summed E-state index contributed by atoms with van der Waals surface area (Å²) in [4.78, 5) is 16.6. The fourth-order valence-electron chi connectivity index (χ4n) is 3.07. The van der Waals surface area contributed by atoms with Crippen LogP contribution in [0.5, 0.6) is 17.2 Å². The van der Waals surface area contributed by atoms with Gasteiger partial charge in [0.1, 0.15) is 5.82 Å².